The number of hydrogen-bond donors (Lipinski definition) is 1. The maximum Gasteiger partial charge on any atom is 0.256 e. The van der Waals surface area contributed by atoms with Crippen molar-refractivity contribution in [3.8, 4) is 0 Å². The van der Waals surface area contributed by atoms with E-state index in [0.717, 1.165) is 0 Å². The van der Waals surface area contributed by atoms with Crippen LogP contribution in [-0.2, 0) is 21.3 Å². The molecule has 0 unspecified atom stereocenters. The van der Waals surface area contributed by atoms with E-state index >= 15 is 0 Å². The fourth-order valence-corrected chi connectivity index (χ4v) is 4.79. The molecule has 2 atom stereocenters. The van der Waals surface area contributed by atoms with Crippen molar-refractivity contribution in [2.75, 3.05) is 18.4 Å². The number of carbonyl (C=O) groups excluding carboxylic acids is 1. The number of amides is 1. The van der Waals surface area contributed by atoms with Crippen LogP contribution in [0.25, 0.3) is 0 Å². The van der Waals surface area contributed by atoms with Crippen molar-refractivity contribution in [3.05, 3.63) is 42.1 Å². The van der Waals surface area contributed by atoms with Crippen molar-refractivity contribution in [1.29, 1.82) is 0 Å². The van der Waals surface area contributed by atoms with Gasteiger partial charge in [0.1, 0.15) is 5.82 Å². The second kappa shape index (κ2) is 7.79. The first-order chi connectivity index (χ1) is 12.8. The largest absolute Gasteiger partial charge is 0.373 e. The Balaban J connectivity index is 1.83. The van der Waals surface area contributed by atoms with Crippen molar-refractivity contribution in [3.63, 3.8) is 0 Å². The molecule has 0 spiro atoms. The number of nitrogens with one attached hydrogen (secondary N) is 1. The molecule has 9 heteroatoms. The molecule has 1 amide bonds. The number of nitrogens with zero attached hydrogens (tertiary/aromatic N) is 3. The van der Waals surface area contributed by atoms with E-state index in [1.54, 1.807) is 29.1 Å². The summed E-state index contributed by atoms with van der Waals surface area (Å²) >= 11 is 0. The Kier molecular flexibility index (Phi) is 5.64. The average Bonchev–Trinajstić information content (AvgIpc) is 3.08. The normalized spacial score (nSPS) is 21.1. The van der Waals surface area contributed by atoms with E-state index in [-0.39, 0.29) is 28.6 Å². The minimum atomic E-state index is -3.70. The van der Waals surface area contributed by atoms with Gasteiger partial charge in [-0.05, 0) is 39.0 Å². The van der Waals surface area contributed by atoms with E-state index in [9.17, 15) is 13.2 Å². The quantitative estimate of drug-likeness (QED) is 0.839. The fraction of sp³-hybridized carbons (Fsp3) is 0.444. The third kappa shape index (κ3) is 4.20. The summed E-state index contributed by atoms with van der Waals surface area (Å²) < 4.78 is 34.7. The van der Waals surface area contributed by atoms with Gasteiger partial charge in [-0.1, -0.05) is 6.07 Å². The minimum absolute atomic E-state index is 0.0976. The molecule has 0 radical (unpaired) electrons. The molecule has 146 valence electrons. The standard InChI is InChI=1S/C18H24N4O4S/c1-4-22-17(8-9-19-22)20-18(23)15-6-5-7-16(10-15)27(24,25)21-11-13(2)26-14(3)12-21/h5-10,13-14H,4,11-12H2,1-3H3,(H,20,23)/t13-,14+. The maximum atomic E-state index is 13.0. The van der Waals surface area contributed by atoms with Crippen LogP contribution in [0.2, 0.25) is 0 Å². The minimum Gasteiger partial charge on any atom is -0.373 e. The smallest absolute Gasteiger partial charge is 0.256 e. The lowest BCUT2D eigenvalue weighted by molar-refractivity contribution is -0.0440. The van der Waals surface area contributed by atoms with Crippen LogP contribution in [0.3, 0.4) is 0 Å². The third-order valence-electron chi connectivity index (χ3n) is 4.38. The molecule has 27 heavy (non-hydrogen) atoms. The molecular formula is C18H24N4O4S. The lowest BCUT2D eigenvalue weighted by atomic mass is 10.2. The molecule has 3 rings (SSSR count). The van der Waals surface area contributed by atoms with E-state index in [0.29, 0.717) is 25.5 Å². The Bertz CT molecular complexity index is 915. The zero-order valence-electron chi connectivity index (χ0n) is 15.6. The number of rotatable bonds is 5. The summed E-state index contributed by atoms with van der Waals surface area (Å²) in [5, 5.41) is 6.86. The van der Waals surface area contributed by atoms with Crippen LogP contribution in [0.15, 0.2) is 41.4 Å². The topological polar surface area (TPSA) is 93.5 Å². The molecule has 0 bridgehead atoms. The van der Waals surface area contributed by atoms with Gasteiger partial charge in [0, 0.05) is 31.3 Å². The molecule has 0 saturated carbocycles. The zero-order valence-corrected chi connectivity index (χ0v) is 16.4. The number of morpholine rings is 1. The van der Waals surface area contributed by atoms with Gasteiger partial charge in [0.15, 0.2) is 0 Å². The van der Waals surface area contributed by atoms with Gasteiger partial charge in [-0.3, -0.25) is 4.79 Å². The predicted molar refractivity (Wildman–Crippen MR) is 101 cm³/mol. The first kappa shape index (κ1) is 19.5. The second-order valence-electron chi connectivity index (χ2n) is 6.59. The van der Waals surface area contributed by atoms with Crippen LogP contribution >= 0.6 is 0 Å². The van der Waals surface area contributed by atoms with Gasteiger partial charge in [0.2, 0.25) is 10.0 Å². The first-order valence-corrected chi connectivity index (χ1v) is 10.3. The van der Waals surface area contributed by atoms with Gasteiger partial charge in [-0.15, -0.1) is 0 Å². The van der Waals surface area contributed by atoms with E-state index < -0.39 is 10.0 Å². The molecule has 1 N–H and O–H groups in total. The fourth-order valence-electron chi connectivity index (χ4n) is 3.15. The third-order valence-corrected chi connectivity index (χ3v) is 6.21. The number of aromatic nitrogens is 2. The van der Waals surface area contributed by atoms with Crippen LogP contribution in [0.4, 0.5) is 5.82 Å². The molecule has 2 heterocycles. The summed E-state index contributed by atoms with van der Waals surface area (Å²) in [7, 11) is -3.70. The Labute approximate surface area is 159 Å². The van der Waals surface area contributed by atoms with Crippen LogP contribution < -0.4 is 5.32 Å². The number of anilines is 1. The lowest BCUT2D eigenvalue weighted by Gasteiger charge is -2.34. The molecule has 1 aromatic carbocycles. The van der Waals surface area contributed by atoms with Crippen LogP contribution in [0, 0.1) is 0 Å². The summed E-state index contributed by atoms with van der Waals surface area (Å²) in [6.07, 6.45) is 1.24. The average molecular weight is 392 g/mol. The van der Waals surface area contributed by atoms with Crippen molar-refractivity contribution in [2.24, 2.45) is 0 Å². The Morgan fingerprint density at radius 1 is 1.26 bits per heavy atom. The molecule has 1 aliphatic heterocycles. The van der Waals surface area contributed by atoms with Crippen molar-refractivity contribution >= 4 is 21.7 Å². The second-order valence-corrected chi connectivity index (χ2v) is 8.53. The number of sulfonamides is 1. The highest BCUT2D eigenvalue weighted by molar-refractivity contribution is 7.89. The number of hydrogen-bond acceptors (Lipinski definition) is 5. The van der Waals surface area contributed by atoms with Gasteiger partial charge < -0.3 is 10.1 Å². The molecule has 0 aliphatic carbocycles. The van der Waals surface area contributed by atoms with E-state index in [2.05, 4.69) is 10.4 Å². The molecule has 1 fully saturated rings. The van der Waals surface area contributed by atoms with Gasteiger partial charge in [0.05, 0.1) is 23.3 Å². The summed E-state index contributed by atoms with van der Waals surface area (Å²) in [6.45, 7) is 6.81. The van der Waals surface area contributed by atoms with Crippen LogP contribution in [0.1, 0.15) is 31.1 Å². The summed E-state index contributed by atoms with van der Waals surface area (Å²) in [6, 6.07) is 7.77. The van der Waals surface area contributed by atoms with E-state index in [1.807, 2.05) is 20.8 Å². The van der Waals surface area contributed by atoms with Crippen molar-refractivity contribution in [1.82, 2.24) is 14.1 Å². The first-order valence-electron chi connectivity index (χ1n) is 8.90. The molecular weight excluding hydrogens is 368 g/mol. The predicted octanol–water partition coefficient (Wildman–Crippen LogP) is 1.95. The Morgan fingerprint density at radius 2 is 1.96 bits per heavy atom. The zero-order chi connectivity index (χ0) is 19.6. The highest BCUT2D eigenvalue weighted by Gasteiger charge is 2.32. The highest BCUT2D eigenvalue weighted by atomic mass is 32.2. The number of aryl methyl sites for hydroxylation is 1. The number of benzene rings is 1. The molecule has 1 aromatic heterocycles. The van der Waals surface area contributed by atoms with Gasteiger partial charge in [0.25, 0.3) is 5.91 Å². The van der Waals surface area contributed by atoms with Crippen molar-refractivity contribution in [2.45, 2.75) is 44.4 Å². The monoisotopic (exact) mass is 392 g/mol. The van der Waals surface area contributed by atoms with Gasteiger partial charge in [-0.25, -0.2) is 13.1 Å². The van der Waals surface area contributed by atoms with E-state index in [1.165, 1.54) is 16.4 Å². The van der Waals surface area contributed by atoms with Crippen LogP contribution in [0.5, 0.6) is 0 Å². The Hall–Kier alpha value is -2.23. The molecule has 8 nitrogen and oxygen atoms in total. The highest BCUT2D eigenvalue weighted by Crippen LogP contribution is 2.22. The number of ether oxygens (including phenoxy) is 1. The lowest BCUT2D eigenvalue weighted by Crippen LogP contribution is -2.48. The SMILES string of the molecule is CCn1nccc1NC(=O)c1cccc(S(=O)(=O)N2C[C@@H](C)O[C@@H](C)C2)c1. The van der Waals surface area contributed by atoms with Crippen LogP contribution in [-0.4, -0.2) is 53.7 Å². The summed E-state index contributed by atoms with van der Waals surface area (Å²) in [5.74, 6) is 0.178. The van der Waals surface area contributed by atoms with Gasteiger partial charge >= 0.3 is 0 Å². The number of carbonyl (C=O) groups is 1. The Morgan fingerprint density at radius 3 is 2.63 bits per heavy atom. The van der Waals surface area contributed by atoms with Gasteiger partial charge in [-0.2, -0.15) is 9.40 Å². The molecule has 1 aliphatic rings. The van der Waals surface area contributed by atoms with E-state index in [4.69, 9.17) is 4.74 Å². The summed E-state index contributed by atoms with van der Waals surface area (Å²) in [4.78, 5) is 12.7. The molecule has 2 aromatic rings. The van der Waals surface area contributed by atoms with Crippen molar-refractivity contribution < 1.29 is 17.9 Å². The summed E-state index contributed by atoms with van der Waals surface area (Å²) in [5.41, 5.74) is 0.272. The molecule has 1 saturated heterocycles. The maximum absolute atomic E-state index is 13.0.